The van der Waals surface area contributed by atoms with Crippen LogP contribution in [0.3, 0.4) is 0 Å². The maximum Gasteiger partial charge on any atom is 0.140 e. The van der Waals surface area contributed by atoms with Crippen LogP contribution in [0.5, 0.6) is 0 Å². The van der Waals surface area contributed by atoms with Crippen molar-refractivity contribution in [3.8, 4) is 23.0 Å². The Hall–Kier alpha value is -2.32. The SMILES string of the molecule is Cc1cc(F)c(C#Cc2ccc(-c3ccc(N=C=S)cc3)cc2)c(I)c1. The zero-order valence-corrected chi connectivity index (χ0v) is 16.9. The minimum Gasteiger partial charge on any atom is -0.206 e. The van der Waals surface area contributed by atoms with Crippen LogP contribution in [0.2, 0.25) is 0 Å². The Balaban J connectivity index is 1.84. The molecule has 0 amide bonds. The standard InChI is InChI=1S/C22H13FINS/c1-15-12-21(23)20(22(24)13-15)11-4-16-2-5-17(6-3-16)18-7-9-19(10-8-18)25-14-26/h2-3,5-10,12-13H,1H3. The van der Waals surface area contributed by atoms with Crippen molar-refractivity contribution >= 4 is 45.7 Å². The first-order valence-electron chi connectivity index (χ1n) is 7.83. The summed E-state index contributed by atoms with van der Waals surface area (Å²) in [4.78, 5) is 3.94. The molecule has 0 bridgehead atoms. The Morgan fingerprint density at radius 1 is 0.923 bits per heavy atom. The highest BCUT2D eigenvalue weighted by Gasteiger charge is 2.05. The zero-order chi connectivity index (χ0) is 18.5. The first kappa shape index (κ1) is 18.5. The van der Waals surface area contributed by atoms with Gasteiger partial charge < -0.3 is 0 Å². The van der Waals surface area contributed by atoms with Gasteiger partial charge in [0.1, 0.15) is 5.82 Å². The van der Waals surface area contributed by atoms with E-state index in [-0.39, 0.29) is 5.82 Å². The van der Waals surface area contributed by atoms with Gasteiger partial charge in [0, 0.05) is 9.13 Å². The number of aryl methyl sites for hydroxylation is 1. The fourth-order valence-electron chi connectivity index (χ4n) is 2.48. The molecule has 1 nitrogen and oxygen atoms in total. The predicted octanol–water partition coefficient (Wildman–Crippen LogP) is 6.54. The molecule has 0 unspecified atom stereocenters. The number of benzene rings is 3. The molecule has 0 aliphatic rings. The van der Waals surface area contributed by atoms with Gasteiger partial charge in [-0.3, -0.25) is 0 Å². The summed E-state index contributed by atoms with van der Waals surface area (Å²) < 4.78 is 14.9. The molecule has 126 valence electrons. The molecular weight excluding hydrogens is 456 g/mol. The smallest absolute Gasteiger partial charge is 0.140 e. The van der Waals surface area contributed by atoms with E-state index < -0.39 is 0 Å². The van der Waals surface area contributed by atoms with Gasteiger partial charge in [-0.25, -0.2) is 4.39 Å². The molecule has 0 aromatic heterocycles. The molecule has 0 aliphatic heterocycles. The van der Waals surface area contributed by atoms with Gasteiger partial charge in [-0.15, -0.1) is 0 Å². The van der Waals surface area contributed by atoms with Crippen LogP contribution in [-0.4, -0.2) is 5.16 Å². The molecule has 0 spiro atoms. The van der Waals surface area contributed by atoms with E-state index in [0.29, 0.717) is 5.56 Å². The molecule has 3 rings (SSSR count). The average Bonchev–Trinajstić information content (AvgIpc) is 2.62. The van der Waals surface area contributed by atoms with Gasteiger partial charge in [-0.2, -0.15) is 4.99 Å². The first-order valence-corrected chi connectivity index (χ1v) is 9.31. The van der Waals surface area contributed by atoms with Crippen molar-refractivity contribution in [1.29, 1.82) is 0 Å². The number of thiocarbonyl (C=S) groups is 1. The lowest BCUT2D eigenvalue weighted by Gasteiger charge is -2.02. The van der Waals surface area contributed by atoms with E-state index in [0.717, 1.165) is 31.5 Å². The third kappa shape index (κ3) is 4.44. The minimum absolute atomic E-state index is 0.280. The summed E-state index contributed by atoms with van der Waals surface area (Å²) in [6.07, 6.45) is 0. The summed E-state index contributed by atoms with van der Waals surface area (Å²) in [5, 5.41) is 2.35. The number of aliphatic imine (C=N–C) groups is 1. The van der Waals surface area contributed by atoms with Crippen molar-refractivity contribution in [3.63, 3.8) is 0 Å². The maximum atomic E-state index is 14.1. The third-order valence-electron chi connectivity index (χ3n) is 3.78. The molecule has 0 radical (unpaired) electrons. The van der Waals surface area contributed by atoms with Crippen LogP contribution in [0.15, 0.2) is 65.7 Å². The van der Waals surface area contributed by atoms with Crippen LogP contribution in [0.4, 0.5) is 10.1 Å². The molecule has 0 N–H and O–H groups in total. The lowest BCUT2D eigenvalue weighted by atomic mass is 10.0. The van der Waals surface area contributed by atoms with Gasteiger partial charge in [-0.1, -0.05) is 36.1 Å². The van der Waals surface area contributed by atoms with E-state index in [4.69, 9.17) is 0 Å². The molecule has 0 aliphatic carbocycles. The lowest BCUT2D eigenvalue weighted by molar-refractivity contribution is 0.622. The van der Waals surface area contributed by atoms with E-state index >= 15 is 0 Å². The highest BCUT2D eigenvalue weighted by atomic mass is 127. The number of rotatable bonds is 2. The van der Waals surface area contributed by atoms with Crippen molar-refractivity contribution < 1.29 is 4.39 Å². The molecule has 4 heteroatoms. The Kier molecular flexibility index (Phi) is 5.95. The van der Waals surface area contributed by atoms with Crippen LogP contribution < -0.4 is 0 Å². The molecule has 26 heavy (non-hydrogen) atoms. The van der Waals surface area contributed by atoms with Crippen molar-refractivity contribution in [1.82, 2.24) is 0 Å². The molecule has 0 heterocycles. The Bertz CT molecular complexity index is 1030. The van der Waals surface area contributed by atoms with Gasteiger partial charge >= 0.3 is 0 Å². The highest BCUT2D eigenvalue weighted by molar-refractivity contribution is 14.1. The fraction of sp³-hybridized carbons (Fsp3) is 0.0455. The van der Waals surface area contributed by atoms with E-state index in [1.165, 1.54) is 6.07 Å². The van der Waals surface area contributed by atoms with Gasteiger partial charge in [0.25, 0.3) is 0 Å². The number of hydrogen-bond acceptors (Lipinski definition) is 2. The van der Waals surface area contributed by atoms with Gasteiger partial charge in [0.15, 0.2) is 0 Å². The zero-order valence-electron chi connectivity index (χ0n) is 13.9. The normalized spacial score (nSPS) is 9.81. The molecule has 0 saturated carbocycles. The van der Waals surface area contributed by atoms with Crippen molar-refractivity contribution in [3.05, 3.63) is 86.7 Å². The largest absolute Gasteiger partial charge is 0.206 e. The Labute approximate surface area is 171 Å². The maximum absolute atomic E-state index is 14.1. The summed E-state index contributed by atoms with van der Waals surface area (Å²) >= 11 is 6.72. The number of halogens is 2. The summed E-state index contributed by atoms with van der Waals surface area (Å²) in [5.74, 6) is 5.70. The van der Waals surface area contributed by atoms with Crippen LogP contribution in [0.1, 0.15) is 16.7 Å². The van der Waals surface area contributed by atoms with Crippen molar-refractivity contribution in [2.24, 2.45) is 4.99 Å². The minimum atomic E-state index is -0.280. The first-order chi connectivity index (χ1) is 12.6. The van der Waals surface area contributed by atoms with E-state index in [2.05, 4.69) is 56.8 Å². The second-order valence-corrected chi connectivity index (χ2v) is 7.03. The van der Waals surface area contributed by atoms with Gasteiger partial charge in [0.2, 0.25) is 0 Å². The Morgan fingerprint density at radius 3 is 2.12 bits per heavy atom. The molecule has 3 aromatic carbocycles. The summed E-state index contributed by atoms with van der Waals surface area (Å²) in [6, 6.07) is 19.0. The van der Waals surface area contributed by atoms with Crippen molar-refractivity contribution in [2.45, 2.75) is 6.92 Å². The number of hydrogen-bond donors (Lipinski definition) is 0. The lowest BCUT2D eigenvalue weighted by Crippen LogP contribution is -1.90. The van der Waals surface area contributed by atoms with Crippen LogP contribution in [0.25, 0.3) is 11.1 Å². The molecule has 3 aromatic rings. The summed E-state index contributed by atoms with van der Waals surface area (Å²) in [6.45, 7) is 1.87. The number of isothiocyanates is 1. The molecule has 0 saturated heterocycles. The molecule has 0 atom stereocenters. The van der Waals surface area contributed by atoms with Crippen LogP contribution in [-0.2, 0) is 0 Å². The van der Waals surface area contributed by atoms with Gasteiger partial charge in [-0.05, 0) is 94.8 Å². The summed E-state index contributed by atoms with van der Waals surface area (Å²) in [7, 11) is 0. The van der Waals surface area contributed by atoms with Crippen LogP contribution in [0, 0.1) is 28.2 Å². The molecule has 0 fully saturated rings. The van der Waals surface area contributed by atoms with E-state index in [1.807, 2.05) is 61.5 Å². The Morgan fingerprint density at radius 2 is 1.54 bits per heavy atom. The topological polar surface area (TPSA) is 12.4 Å². The van der Waals surface area contributed by atoms with Gasteiger partial charge in [0.05, 0.1) is 16.4 Å². The van der Waals surface area contributed by atoms with E-state index in [9.17, 15) is 4.39 Å². The second-order valence-electron chi connectivity index (χ2n) is 5.68. The average molecular weight is 469 g/mol. The van der Waals surface area contributed by atoms with Crippen molar-refractivity contribution in [2.75, 3.05) is 0 Å². The van der Waals surface area contributed by atoms with E-state index in [1.54, 1.807) is 0 Å². The predicted molar refractivity (Wildman–Crippen MR) is 116 cm³/mol. The monoisotopic (exact) mass is 469 g/mol. The third-order valence-corrected chi connectivity index (χ3v) is 4.72. The quantitative estimate of drug-likeness (QED) is 0.180. The highest BCUT2D eigenvalue weighted by Crippen LogP contribution is 2.23. The van der Waals surface area contributed by atoms with Crippen LogP contribution >= 0.6 is 34.8 Å². The fourth-order valence-corrected chi connectivity index (χ4v) is 3.47. The molecular formula is C22H13FINS. The summed E-state index contributed by atoms with van der Waals surface area (Å²) in [5.41, 5.74) is 5.10. The number of nitrogens with zero attached hydrogens (tertiary/aromatic N) is 1. The second kappa shape index (κ2) is 8.37.